The summed E-state index contributed by atoms with van der Waals surface area (Å²) in [4.78, 5) is 21.6. The molecule has 0 spiro atoms. The highest BCUT2D eigenvalue weighted by atomic mass is 35.5. The van der Waals surface area contributed by atoms with Gasteiger partial charge in [0.15, 0.2) is 0 Å². The fourth-order valence-corrected chi connectivity index (χ4v) is 0.896. The molecule has 66 valence electrons. The van der Waals surface area contributed by atoms with Crippen molar-refractivity contribution in [1.82, 2.24) is 14.9 Å². The second-order valence-corrected chi connectivity index (χ2v) is 2.61. The van der Waals surface area contributed by atoms with Gasteiger partial charge in [-0.05, 0) is 0 Å². The third-order valence-electron chi connectivity index (χ3n) is 0.910. The number of hydrogen-bond acceptors (Lipinski definition) is 4. The van der Waals surface area contributed by atoms with E-state index in [1.165, 1.54) is 0 Å². The van der Waals surface area contributed by atoms with E-state index in [1.807, 2.05) is 0 Å². The summed E-state index contributed by atoms with van der Waals surface area (Å²) in [5.41, 5.74) is -0.747. The van der Waals surface area contributed by atoms with E-state index in [0.29, 0.717) is 4.85 Å². The maximum absolute atomic E-state index is 10.8. The van der Waals surface area contributed by atoms with Crippen LogP contribution in [0.3, 0.4) is 0 Å². The first-order valence-electron chi connectivity index (χ1n) is 2.72. The Morgan fingerprint density at radius 3 is 2.92 bits per heavy atom. The molecule has 0 aliphatic heterocycles. The van der Waals surface area contributed by atoms with Crippen molar-refractivity contribution in [3.05, 3.63) is 16.3 Å². The Hall–Kier alpha value is -0.910. The van der Waals surface area contributed by atoms with Crippen molar-refractivity contribution >= 4 is 19.9 Å². The Morgan fingerprint density at radius 1 is 1.83 bits per heavy atom. The lowest BCUT2D eigenvalue weighted by atomic mass is 10.7. The van der Waals surface area contributed by atoms with Gasteiger partial charge in [0.2, 0.25) is 0 Å². The normalized spacial score (nSPS) is 11.3. The standard InChI is InChI=1S/C3H3ClN3O4P/c4-1-2-5-3(8)7(6-2)11-12(9)10/h1H2,(H-,5,6,8,9,10)/p+1. The lowest BCUT2D eigenvalue weighted by Gasteiger charge is -1.81. The summed E-state index contributed by atoms with van der Waals surface area (Å²) < 4.78 is 14.2. The Kier molecular flexibility index (Phi) is 2.80. The van der Waals surface area contributed by atoms with Crippen molar-refractivity contribution in [1.29, 1.82) is 0 Å². The summed E-state index contributed by atoms with van der Waals surface area (Å²) in [6.45, 7) is 0. The van der Waals surface area contributed by atoms with Crippen LogP contribution in [0.1, 0.15) is 5.82 Å². The molecule has 0 aliphatic rings. The van der Waals surface area contributed by atoms with Crippen LogP contribution in [-0.2, 0) is 10.4 Å². The Balaban J connectivity index is 2.92. The first-order valence-corrected chi connectivity index (χ1v) is 4.38. The molecule has 0 aromatic carbocycles. The number of H-pyrrole nitrogens is 1. The first kappa shape index (κ1) is 9.18. The molecule has 1 rings (SSSR count). The molecule has 1 atom stereocenters. The van der Waals surface area contributed by atoms with Gasteiger partial charge in [-0.15, -0.1) is 26.2 Å². The van der Waals surface area contributed by atoms with Gasteiger partial charge >= 0.3 is 13.9 Å². The number of nitrogens with one attached hydrogen (secondary N) is 1. The highest BCUT2D eigenvalue weighted by Gasteiger charge is 2.18. The van der Waals surface area contributed by atoms with Crippen molar-refractivity contribution in [2.75, 3.05) is 0 Å². The molecule has 2 N–H and O–H groups in total. The van der Waals surface area contributed by atoms with Crippen LogP contribution in [-0.4, -0.2) is 19.8 Å². The zero-order chi connectivity index (χ0) is 9.14. The minimum atomic E-state index is -2.90. The van der Waals surface area contributed by atoms with Crippen LogP contribution in [0.25, 0.3) is 0 Å². The summed E-state index contributed by atoms with van der Waals surface area (Å²) >= 11 is 5.31. The van der Waals surface area contributed by atoms with E-state index in [-0.39, 0.29) is 11.7 Å². The lowest BCUT2D eigenvalue weighted by molar-refractivity contribution is 0.205. The molecule has 0 saturated carbocycles. The predicted molar refractivity (Wildman–Crippen MR) is 38.8 cm³/mol. The van der Waals surface area contributed by atoms with Gasteiger partial charge in [0.25, 0.3) is 0 Å². The van der Waals surface area contributed by atoms with Gasteiger partial charge in [-0.3, -0.25) is 4.98 Å². The molecule has 9 heteroatoms. The molecule has 1 aromatic rings. The van der Waals surface area contributed by atoms with Crippen molar-refractivity contribution in [2.45, 2.75) is 5.88 Å². The minimum absolute atomic E-state index is 0.00614. The number of nitrogens with zero attached hydrogens (tertiary/aromatic N) is 2. The van der Waals surface area contributed by atoms with Gasteiger partial charge in [-0.25, -0.2) is 4.79 Å². The van der Waals surface area contributed by atoms with Crippen LogP contribution in [0, 0.1) is 0 Å². The summed E-state index contributed by atoms with van der Waals surface area (Å²) in [7, 11) is -2.90. The largest absolute Gasteiger partial charge is 0.770 e. The molecule has 0 fully saturated rings. The third kappa shape index (κ3) is 2.04. The Bertz CT molecular complexity index is 346. The molecule has 12 heavy (non-hydrogen) atoms. The van der Waals surface area contributed by atoms with Gasteiger partial charge in [-0.1, -0.05) is 0 Å². The van der Waals surface area contributed by atoms with E-state index >= 15 is 0 Å². The van der Waals surface area contributed by atoms with Crippen molar-refractivity contribution in [2.24, 2.45) is 0 Å². The highest BCUT2D eigenvalue weighted by molar-refractivity contribution is 7.32. The second kappa shape index (κ2) is 3.66. The van der Waals surface area contributed by atoms with Crippen LogP contribution in [0.15, 0.2) is 4.79 Å². The van der Waals surface area contributed by atoms with Crippen LogP contribution in [0.5, 0.6) is 0 Å². The predicted octanol–water partition coefficient (Wildman–Crippen LogP) is -0.612. The average molecular weight is 213 g/mol. The number of rotatable bonds is 3. The molecule has 0 saturated heterocycles. The van der Waals surface area contributed by atoms with Crippen LogP contribution in [0.4, 0.5) is 0 Å². The maximum Gasteiger partial charge on any atom is 0.770 e. The lowest BCUT2D eigenvalue weighted by Crippen LogP contribution is -2.21. The van der Waals surface area contributed by atoms with Crippen LogP contribution < -0.4 is 10.3 Å². The minimum Gasteiger partial charge on any atom is -0.289 e. The number of aromatic amines is 1. The van der Waals surface area contributed by atoms with Gasteiger partial charge in [0, 0.05) is 9.41 Å². The van der Waals surface area contributed by atoms with Gasteiger partial charge in [0.05, 0.1) is 5.88 Å². The monoisotopic (exact) mass is 212 g/mol. The number of halogens is 1. The number of aromatic nitrogens is 3. The number of hydrogen-bond donors (Lipinski definition) is 2. The zero-order valence-corrected chi connectivity index (χ0v) is 7.25. The second-order valence-electron chi connectivity index (χ2n) is 1.70. The summed E-state index contributed by atoms with van der Waals surface area (Å²) in [6.07, 6.45) is 0. The van der Waals surface area contributed by atoms with E-state index in [9.17, 15) is 9.36 Å². The first-order chi connectivity index (χ1) is 5.63. The molecule has 0 radical (unpaired) electrons. The van der Waals surface area contributed by atoms with E-state index in [0.717, 1.165) is 0 Å². The fourth-order valence-electron chi connectivity index (χ4n) is 0.533. The summed E-state index contributed by atoms with van der Waals surface area (Å²) in [5, 5.41) is 3.42. The zero-order valence-electron chi connectivity index (χ0n) is 5.60. The molecular weight excluding hydrogens is 208 g/mol. The van der Waals surface area contributed by atoms with Crippen LogP contribution in [0.2, 0.25) is 0 Å². The average Bonchev–Trinajstić information content (AvgIpc) is 2.31. The smallest absolute Gasteiger partial charge is 0.289 e. The summed E-state index contributed by atoms with van der Waals surface area (Å²) in [6, 6.07) is 0. The van der Waals surface area contributed by atoms with E-state index in [4.69, 9.17) is 16.5 Å². The van der Waals surface area contributed by atoms with Gasteiger partial charge in [0.1, 0.15) is 5.82 Å². The molecule has 1 unspecified atom stereocenters. The van der Waals surface area contributed by atoms with E-state index in [2.05, 4.69) is 14.7 Å². The Labute approximate surface area is 71.8 Å². The Morgan fingerprint density at radius 2 is 2.50 bits per heavy atom. The van der Waals surface area contributed by atoms with Gasteiger partial charge < -0.3 is 0 Å². The van der Waals surface area contributed by atoms with Crippen LogP contribution >= 0.6 is 19.9 Å². The highest BCUT2D eigenvalue weighted by Crippen LogP contribution is 2.06. The van der Waals surface area contributed by atoms with Gasteiger partial charge in [-0.2, -0.15) is 0 Å². The molecule has 1 heterocycles. The molecule has 0 bridgehead atoms. The van der Waals surface area contributed by atoms with Crippen molar-refractivity contribution in [3.8, 4) is 0 Å². The molecule has 0 amide bonds. The van der Waals surface area contributed by atoms with E-state index < -0.39 is 13.9 Å². The quantitative estimate of drug-likeness (QED) is 0.514. The van der Waals surface area contributed by atoms with E-state index in [1.54, 1.807) is 0 Å². The topological polar surface area (TPSA) is 97.2 Å². The molecule has 7 nitrogen and oxygen atoms in total. The van der Waals surface area contributed by atoms with Crippen molar-refractivity contribution in [3.63, 3.8) is 0 Å². The molecule has 1 aromatic heterocycles. The fraction of sp³-hybridized carbons (Fsp3) is 0.333. The number of alkyl halides is 1. The molecular formula is C3H4ClN3O4P+. The van der Waals surface area contributed by atoms with Crippen molar-refractivity contribution < 1.29 is 14.1 Å². The maximum atomic E-state index is 10.8. The summed E-state index contributed by atoms with van der Waals surface area (Å²) in [5.74, 6) is 0.159. The molecule has 0 aliphatic carbocycles. The third-order valence-corrected chi connectivity index (χ3v) is 1.46. The SMILES string of the molecule is O=c1[nH]c(CCl)nn1O[P+](=O)O.